The number of nitrogens with one attached hydrogen (secondary N) is 1. The van der Waals surface area contributed by atoms with E-state index in [0.29, 0.717) is 38.3 Å². The van der Waals surface area contributed by atoms with Crippen LogP contribution in [-0.4, -0.2) is 17.0 Å². The number of aryl methyl sites for hydroxylation is 1. The van der Waals surface area contributed by atoms with Crippen molar-refractivity contribution in [3.63, 3.8) is 0 Å². The number of benzene rings is 2. The molecule has 1 aliphatic carbocycles. The molecule has 1 aliphatic rings. The van der Waals surface area contributed by atoms with E-state index in [-0.39, 0.29) is 17.0 Å². The van der Waals surface area contributed by atoms with Crippen molar-refractivity contribution in [1.82, 2.24) is 0 Å². The van der Waals surface area contributed by atoms with Gasteiger partial charge < -0.3 is 5.32 Å². The van der Waals surface area contributed by atoms with Crippen LogP contribution >= 0.6 is 22.9 Å². The Morgan fingerprint density at radius 2 is 1.94 bits per heavy atom. The second-order valence-corrected chi connectivity index (χ2v) is 11.5. The summed E-state index contributed by atoms with van der Waals surface area (Å²) in [5.74, 6) is 0.318. The highest BCUT2D eigenvalue weighted by atomic mass is 35.5. The molecule has 0 bridgehead atoms. The van der Waals surface area contributed by atoms with Gasteiger partial charge in [0.15, 0.2) is 0 Å². The normalized spacial score (nSPS) is 15.7. The molecule has 0 saturated heterocycles. The molecule has 6 nitrogen and oxygen atoms in total. The molecule has 0 fully saturated rings. The van der Waals surface area contributed by atoms with E-state index in [0.717, 1.165) is 24.8 Å². The van der Waals surface area contributed by atoms with Crippen molar-refractivity contribution >= 4 is 51.4 Å². The molecule has 8 heteroatoms. The predicted octanol–water partition coefficient (Wildman–Crippen LogP) is 7.77. The van der Waals surface area contributed by atoms with Gasteiger partial charge in [-0.15, -0.1) is 11.3 Å². The fourth-order valence-electron chi connectivity index (χ4n) is 4.40. The summed E-state index contributed by atoms with van der Waals surface area (Å²) in [4.78, 5) is 30.2. The van der Waals surface area contributed by atoms with Gasteiger partial charge in [-0.05, 0) is 72.9 Å². The third-order valence-corrected chi connectivity index (χ3v) is 7.98. The molecular formula is C27H28ClN3O3S. The molecule has 2 aromatic carbocycles. The first-order valence-electron chi connectivity index (χ1n) is 11.5. The number of nitro benzene ring substituents is 1. The summed E-state index contributed by atoms with van der Waals surface area (Å²) in [6.45, 7) is 8.48. The predicted molar refractivity (Wildman–Crippen MR) is 144 cm³/mol. The molecule has 0 unspecified atom stereocenters. The molecule has 182 valence electrons. The van der Waals surface area contributed by atoms with Crippen molar-refractivity contribution in [3.8, 4) is 0 Å². The molecule has 3 aromatic rings. The zero-order chi connectivity index (χ0) is 25.3. The summed E-state index contributed by atoms with van der Waals surface area (Å²) in [5.41, 5.74) is 3.74. The lowest BCUT2D eigenvalue weighted by molar-refractivity contribution is -0.385. The maximum absolute atomic E-state index is 13.4. The zero-order valence-corrected chi connectivity index (χ0v) is 21.8. The first kappa shape index (κ1) is 25.1. The molecule has 1 amide bonds. The third kappa shape index (κ3) is 5.63. The Morgan fingerprint density at radius 1 is 1.23 bits per heavy atom. The second-order valence-electron chi connectivity index (χ2n) is 10.0. The summed E-state index contributed by atoms with van der Waals surface area (Å²) in [6.07, 6.45) is 4.35. The summed E-state index contributed by atoms with van der Waals surface area (Å²) in [7, 11) is 0. The highest BCUT2D eigenvalue weighted by Gasteiger charge is 2.33. The number of fused-ring (bicyclic) bond motifs is 1. The number of carbonyl (C=O) groups is 1. The first-order valence-corrected chi connectivity index (χ1v) is 12.7. The van der Waals surface area contributed by atoms with E-state index >= 15 is 0 Å². The van der Waals surface area contributed by atoms with Gasteiger partial charge in [0.05, 0.1) is 10.5 Å². The number of anilines is 1. The van der Waals surface area contributed by atoms with Crippen LogP contribution in [0.1, 0.15) is 59.1 Å². The number of carbonyl (C=O) groups excluding carboxylic acids is 1. The van der Waals surface area contributed by atoms with Crippen molar-refractivity contribution in [1.29, 1.82) is 0 Å². The van der Waals surface area contributed by atoms with Crippen LogP contribution in [0.15, 0.2) is 47.5 Å². The van der Waals surface area contributed by atoms with Crippen molar-refractivity contribution < 1.29 is 9.72 Å². The highest BCUT2D eigenvalue weighted by Crippen LogP contribution is 2.45. The van der Waals surface area contributed by atoms with E-state index < -0.39 is 4.92 Å². The van der Waals surface area contributed by atoms with Gasteiger partial charge in [0, 0.05) is 33.4 Å². The fraction of sp³-hybridized carbons (Fsp3) is 0.333. The van der Waals surface area contributed by atoms with Crippen molar-refractivity contribution in [3.05, 3.63) is 84.7 Å². The van der Waals surface area contributed by atoms with E-state index in [1.54, 1.807) is 60.9 Å². The summed E-state index contributed by atoms with van der Waals surface area (Å²) >= 11 is 7.53. The van der Waals surface area contributed by atoms with Gasteiger partial charge in [-0.3, -0.25) is 14.9 Å². The Labute approximate surface area is 214 Å². The average Bonchev–Trinajstić information content (AvgIpc) is 3.17. The van der Waals surface area contributed by atoms with Crippen LogP contribution in [0.2, 0.25) is 5.02 Å². The maximum atomic E-state index is 13.4. The number of nitrogens with zero attached hydrogens (tertiary/aromatic N) is 2. The van der Waals surface area contributed by atoms with Crippen LogP contribution < -0.4 is 5.32 Å². The monoisotopic (exact) mass is 509 g/mol. The number of aliphatic imine (C=N–C) groups is 1. The lowest BCUT2D eigenvalue weighted by atomic mass is 9.72. The smallest absolute Gasteiger partial charge is 0.272 e. The molecule has 0 spiro atoms. The molecule has 4 rings (SSSR count). The van der Waals surface area contributed by atoms with Crippen LogP contribution in [0.5, 0.6) is 0 Å². The van der Waals surface area contributed by atoms with Crippen LogP contribution in [0.25, 0.3) is 0 Å². The van der Waals surface area contributed by atoms with Gasteiger partial charge >= 0.3 is 0 Å². The Hall–Kier alpha value is -3.03. The molecule has 1 N–H and O–H groups in total. The van der Waals surface area contributed by atoms with Gasteiger partial charge in [0.25, 0.3) is 11.6 Å². The van der Waals surface area contributed by atoms with E-state index in [4.69, 9.17) is 11.6 Å². The largest absolute Gasteiger partial charge is 0.322 e. The summed E-state index contributed by atoms with van der Waals surface area (Å²) < 4.78 is 0. The fourth-order valence-corrected chi connectivity index (χ4v) is 5.79. The Kier molecular flexibility index (Phi) is 7.10. The molecular weight excluding hydrogens is 482 g/mol. The van der Waals surface area contributed by atoms with Crippen LogP contribution in [0, 0.1) is 28.4 Å². The average molecular weight is 510 g/mol. The number of halogens is 1. The number of amides is 1. The quantitative estimate of drug-likeness (QED) is 0.216. The SMILES string of the molecule is Cc1ccc(C=Nc2sc3c(c2C(=O)Nc2ccc(Cl)cc2)CC[C@H](C(C)(C)C)C3)cc1[N+](=O)[O-]. The molecule has 1 atom stereocenters. The minimum absolute atomic E-state index is 0.0492. The lowest BCUT2D eigenvalue weighted by Crippen LogP contribution is -2.27. The standard InChI is InChI=1S/C27H28ClN3O3S/c1-16-5-6-17(13-22(16)31(33)34)15-29-26-24(25(32)30-20-10-8-19(28)9-11-20)21-12-7-18(27(2,3)4)14-23(21)35-26/h5-6,8-11,13,15,18H,7,12,14H2,1-4H3,(H,30,32)/t18-/m0/s1. The van der Waals surface area contributed by atoms with Gasteiger partial charge in [0.1, 0.15) is 5.00 Å². The second kappa shape index (κ2) is 9.91. The van der Waals surface area contributed by atoms with E-state index in [1.807, 2.05) is 0 Å². The van der Waals surface area contributed by atoms with Gasteiger partial charge in [-0.2, -0.15) is 0 Å². The van der Waals surface area contributed by atoms with E-state index in [2.05, 4.69) is 31.1 Å². The number of rotatable bonds is 5. The molecule has 1 heterocycles. The Bertz CT molecular complexity index is 1310. The number of nitro groups is 1. The Morgan fingerprint density at radius 3 is 2.60 bits per heavy atom. The summed E-state index contributed by atoms with van der Waals surface area (Å²) in [5, 5.41) is 15.5. The van der Waals surface area contributed by atoms with Gasteiger partial charge in [-0.25, -0.2) is 4.99 Å². The van der Waals surface area contributed by atoms with Gasteiger partial charge in [-0.1, -0.05) is 44.5 Å². The molecule has 35 heavy (non-hydrogen) atoms. The van der Waals surface area contributed by atoms with Crippen LogP contribution in [-0.2, 0) is 12.8 Å². The zero-order valence-electron chi connectivity index (χ0n) is 20.2. The number of hydrogen-bond acceptors (Lipinski definition) is 5. The van der Waals surface area contributed by atoms with Crippen molar-refractivity contribution in [2.24, 2.45) is 16.3 Å². The maximum Gasteiger partial charge on any atom is 0.272 e. The van der Waals surface area contributed by atoms with Crippen LogP contribution in [0.3, 0.4) is 0 Å². The first-order chi connectivity index (χ1) is 16.5. The van der Waals surface area contributed by atoms with E-state index in [9.17, 15) is 14.9 Å². The van der Waals surface area contributed by atoms with Crippen molar-refractivity contribution in [2.75, 3.05) is 5.32 Å². The molecule has 0 saturated carbocycles. The Balaban J connectivity index is 1.71. The van der Waals surface area contributed by atoms with Crippen LogP contribution in [0.4, 0.5) is 16.4 Å². The minimum atomic E-state index is -0.395. The van der Waals surface area contributed by atoms with Crippen molar-refractivity contribution in [2.45, 2.75) is 47.0 Å². The molecule has 0 aliphatic heterocycles. The summed E-state index contributed by atoms with van der Waals surface area (Å²) in [6, 6.07) is 12.0. The number of thiophene rings is 1. The van der Waals surface area contributed by atoms with E-state index in [1.165, 1.54) is 10.9 Å². The molecule has 0 radical (unpaired) electrons. The third-order valence-electron chi connectivity index (χ3n) is 6.56. The number of hydrogen-bond donors (Lipinski definition) is 1. The lowest BCUT2D eigenvalue weighted by Gasteiger charge is -2.33. The van der Waals surface area contributed by atoms with Gasteiger partial charge in [0.2, 0.25) is 0 Å². The highest BCUT2D eigenvalue weighted by molar-refractivity contribution is 7.16. The minimum Gasteiger partial charge on any atom is -0.322 e. The topological polar surface area (TPSA) is 84.6 Å². The molecule has 1 aromatic heterocycles.